The van der Waals surface area contributed by atoms with E-state index in [9.17, 15) is 13.4 Å². The van der Waals surface area contributed by atoms with Crippen LogP contribution in [0.3, 0.4) is 0 Å². The Morgan fingerprint density at radius 1 is 1.05 bits per heavy atom. The van der Waals surface area contributed by atoms with E-state index in [2.05, 4.69) is 4.36 Å². The van der Waals surface area contributed by atoms with Gasteiger partial charge in [0.05, 0.1) is 22.0 Å². The zero-order chi connectivity index (χ0) is 16.0. The molecule has 0 heterocycles. The molecule has 1 unspecified atom stereocenters. The first-order chi connectivity index (χ1) is 10.5. The Kier molecular flexibility index (Phi) is 5.27. The van der Waals surface area contributed by atoms with Crippen molar-refractivity contribution in [2.75, 3.05) is 5.75 Å². The summed E-state index contributed by atoms with van der Waals surface area (Å²) in [5.74, 6) is -2.09. The smallest absolute Gasteiger partial charge is 0.317 e. The van der Waals surface area contributed by atoms with Gasteiger partial charge in [-0.05, 0) is 23.3 Å². The number of aliphatic carboxylic acids is 1. The summed E-state index contributed by atoms with van der Waals surface area (Å²) in [6.07, 6.45) is 0. The van der Waals surface area contributed by atoms with E-state index < -0.39 is 27.3 Å². The number of hydrogen-bond acceptors (Lipinski definition) is 3. The third-order valence-electron chi connectivity index (χ3n) is 2.98. The number of carboxylic acids is 1. The molecular weight excluding hydrogens is 305 g/mol. The molecule has 0 fully saturated rings. The molecule has 0 aliphatic heterocycles. The lowest BCUT2D eigenvalue weighted by molar-refractivity contribution is -0.134. The van der Waals surface area contributed by atoms with E-state index in [1.807, 2.05) is 30.3 Å². The van der Waals surface area contributed by atoms with Gasteiger partial charge in [-0.3, -0.25) is 4.79 Å². The van der Waals surface area contributed by atoms with Gasteiger partial charge in [-0.15, -0.1) is 0 Å². The number of hydrogen-bond donors (Lipinski definition) is 1. The molecule has 0 spiro atoms. The average Bonchev–Trinajstić information content (AvgIpc) is 2.48. The van der Waals surface area contributed by atoms with Gasteiger partial charge in [-0.25, -0.2) is 13.0 Å². The zero-order valence-corrected chi connectivity index (χ0v) is 12.6. The summed E-state index contributed by atoms with van der Waals surface area (Å²) in [4.78, 5) is 11.0. The lowest BCUT2D eigenvalue weighted by Crippen LogP contribution is -2.17. The Balaban J connectivity index is 2.24. The number of carboxylic acid groups (broad SMARTS) is 1. The molecule has 2 rings (SSSR count). The highest BCUT2D eigenvalue weighted by molar-refractivity contribution is 7.93. The minimum Gasteiger partial charge on any atom is -0.481 e. The van der Waals surface area contributed by atoms with Crippen LogP contribution in [-0.4, -0.2) is 21.0 Å². The van der Waals surface area contributed by atoms with E-state index in [1.165, 1.54) is 24.3 Å². The third-order valence-corrected chi connectivity index (χ3v) is 5.06. The normalized spacial score (nSPS) is 13.3. The maximum atomic E-state index is 12.9. The van der Waals surface area contributed by atoms with E-state index in [0.717, 1.165) is 5.56 Å². The van der Waals surface area contributed by atoms with Crippen molar-refractivity contribution in [3.8, 4) is 0 Å². The predicted molar refractivity (Wildman–Crippen MR) is 83.3 cm³/mol. The minimum absolute atomic E-state index is 0.00753. The van der Waals surface area contributed by atoms with Gasteiger partial charge in [0.2, 0.25) is 0 Å². The molecule has 6 heteroatoms. The molecule has 22 heavy (non-hydrogen) atoms. The van der Waals surface area contributed by atoms with Gasteiger partial charge in [0.1, 0.15) is 11.6 Å². The zero-order valence-electron chi connectivity index (χ0n) is 11.8. The van der Waals surface area contributed by atoms with E-state index >= 15 is 0 Å². The fourth-order valence-corrected chi connectivity index (χ4v) is 3.72. The van der Waals surface area contributed by atoms with Crippen molar-refractivity contribution < 1.29 is 18.5 Å². The molecule has 0 aliphatic rings. The molecule has 116 valence electrons. The molecule has 0 saturated carbocycles. The third kappa shape index (κ3) is 4.96. The van der Waals surface area contributed by atoms with Crippen molar-refractivity contribution in [3.63, 3.8) is 0 Å². The van der Waals surface area contributed by atoms with Crippen LogP contribution in [0.1, 0.15) is 11.1 Å². The minimum atomic E-state index is -2.95. The SMILES string of the molecule is O=C(O)CS(=O)(Cc1ccc(F)cc1)=NCc1ccccc1. The number of rotatable bonds is 6. The van der Waals surface area contributed by atoms with E-state index in [4.69, 9.17) is 5.11 Å². The number of benzene rings is 2. The van der Waals surface area contributed by atoms with Crippen LogP contribution in [0, 0.1) is 5.82 Å². The second kappa shape index (κ2) is 7.17. The molecule has 4 nitrogen and oxygen atoms in total. The summed E-state index contributed by atoms with van der Waals surface area (Å²) in [6.45, 7) is 0.189. The van der Waals surface area contributed by atoms with E-state index in [-0.39, 0.29) is 12.3 Å². The maximum absolute atomic E-state index is 12.9. The van der Waals surface area contributed by atoms with Gasteiger partial charge in [0.15, 0.2) is 0 Å². The second-order valence-corrected chi connectivity index (χ2v) is 7.23. The molecule has 0 aromatic heterocycles. The Labute approximate surface area is 128 Å². The van der Waals surface area contributed by atoms with Crippen LogP contribution in [0.25, 0.3) is 0 Å². The van der Waals surface area contributed by atoms with Gasteiger partial charge in [0, 0.05) is 0 Å². The summed E-state index contributed by atoms with van der Waals surface area (Å²) in [6, 6.07) is 14.7. The molecule has 0 aliphatic carbocycles. The van der Waals surface area contributed by atoms with Crippen LogP contribution in [-0.2, 0) is 26.8 Å². The quantitative estimate of drug-likeness (QED) is 0.889. The summed E-state index contributed by atoms with van der Waals surface area (Å²) in [7, 11) is -2.95. The van der Waals surface area contributed by atoms with E-state index in [0.29, 0.717) is 5.56 Å². The highest BCUT2D eigenvalue weighted by atomic mass is 32.2. The van der Waals surface area contributed by atoms with Crippen LogP contribution < -0.4 is 0 Å². The monoisotopic (exact) mass is 321 g/mol. The first-order valence-corrected chi connectivity index (χ1v) is 8.51. The molecule has 2 aromatic carbocycles. The highest BCUT2D eigenvalue weighted by Gasteiger charge is 2.15. The predicted octanol–water partition coefficient (Wildman–Crippen LogP) is 3.08. The fourth-order valence-electron chi connectivity index (χ4n) is 1.95. The molecule has 0 saturated heterocycles. The van der Waals surface area contributed by atoms with Crippen molar-refractivity contribution in [1.29, 1.82) is 0 Å². The first-order valence-electron chi connectivity index (χ1n) is 6.65. The van der Waals surface area contributed by atoms with Crippen molar-refractivity contribution in [3.05, 3.63) is 71.5 Å². The Bertz CT molecular complexity index is 751. The summed E-state index contributed by atoms with van der Waals surface area (Å²) in [5, 5.41) is 8.97. The van der Waals surface area contributed by atoms with Gasteiger partial charge in [-0.1, -0.05) is 42.5 Å². The molecule has 0 amide bonds. The Morgan fingerprint density at radius 2 is 1.68 bits per heavy atom. The molecule has 1 atom stereocenters. The standard InChI is InChI=1S/C16H16FNO3S/c17-15-8-6-14(7-9-15)11-22(21,12-16(19)20)18-10-13-4-2-1-3-5-13/h1-9H,10-12H2,(H,19,20). The Morgan fingerprint density at radius 3 is 2.27 bits per heavy atom. The fraction of sp³-hybridized carbons (Fsp3) is 0.188. The highest BCUT2D eigenvalue weighted by Crippen LogP contribution is 2.12. The molecule has 2 aromatic rings. The summed E-state index contributed by atoms with van der Waals surface area (Å²) < 4.78 is 29.8. The van der Waals surface area contributed by atoms with Gasteiger partial charge in [-0.2, -0.15) is 0 Å². The summed E-state index contributed by atoms with van der Waals surface area (Å²) >= 11 is 0. The van der Waals surface area contributed by atoms with Crippen LogP contribution in [0.2, 0.25) is 0 Å². The molecule has 0 radical (unpaired) electrons. The maximum Gasteiger partial charge on any atom is 0.317 e. The van der Waals surface area contributed by atoms with Gasteiger partial charge < -0.3 is 5.11 Å². The number of nitrogens with zero attached hydrogens (tertiary/aromatic N) is 1. The molecular formula is C16H16FNO3S. The van der Waals surface area contributed by atoms with Crippen LogP contribution >= 0.6 is 0 Å². The lowest BCUT2D eigenvalue weighted by Gasteiger charge is -2.08. The second-order valence-electron chi connectivity index (χ2n) is 4.85. The van der Waals surface area contributed by atoms with Crippen molar-refractivity contribution in [1.82, 2.24) is 0 Å². The topological polar surface area (TPSA) is 66.7 Å². The summed E-state index contributed by atoms with van der Waals surface area (Å²) in [5.41, 5.74) is 1.46. The first kappa shape index (κ1) is 16.2. The molecule has 1 N–H and O–H groups in total. The lowest BCUT2D eigenvalue weighted by atomic mass is 10.2. The average molecular weight is 321 g/mol. The van der Waals surface area contributed by atoms with Gasteiger partial charge >= 0.3 is 5.97 Å². The van der Waals surface area contributed by atoms with Crippen molar-refractivity contribution >= 4 is 15.7 Å². The largest absolute Gasteiger partial charge is 0.481 e. The van der Waals surface area contributed by atoms with Gasteiger partial charge in [0.25, 0.3) is 0 Å². The van der Waals surface area contributed by atoms with Crippen LogP contribution in [0.5, 0.6) is 0 Å². The van der Waals surface area contributed by atoms with E-state index in [1.54, 1.807) is 0 Å². The number of carbonyl (C=O) groups is 1. The molecule has 0 bridgehead atoms. The van der Waals surface area contributed by atoms with Crippen LogP contribution in [0.15, 0.2) is 59.0 Å². The van der Waals surface area contributed by atoms with Crippen molar-refractivity contribution in [2.45, 2.75) is 12.3 Å². The van der Waals surface area contributed by atoms with Crippen molar-refractivity contribution in [2.24, 2.45) is 4.36 Å². The number of halogens is 1. The Hall–Kier alpha value is -2.21. The van der Waals surface area contributed by atoms with Crippen LogP contribution in [0.4, 0.5) is 4.39 Å².